The van der Waals surface area contributed by atoms with Crippen molar-refractivity contribution in [3.05, 3.63) is 60.2 Å². The Morgan fingerprint density at radius 1 is 1.17 bits per heavy atom. The maximum atomic E-state index is 12.5. The first-order valence-electron chi connectivity index (χ1n) is 6.84. The highest BCUT2D eigenvalue weighted by Gasteiger charge is 2.14. The first-order chi connectivity index (χ1) is 11.4. The zero-order chi connectivity index (χ0) is 17.6. The average molecular weight is 348 g/mol. The van der Waals surface area contributed by atoms with E-state index in [1.807, 2.05) is 0 Å². The number of ether oxygens (including phenoxy) is 1. The number of hydrogen-bond acceptors (Lipinski definition) is 5. The molecule has 8 heteroatoms. The molecule has 0 spiro atoms. The fourth-order valence-corrected chi connectivity index (χ4v) is 3.00. The molecule has 0 unspecified atom stereocenters. The van der Waals surface area contributed by atoms with Crippen LogP contribution < -0.4 is 14.9 Å². The summed E-state index contributed by atoms with van der Waals surface area (Å²) in [5.74, 6) is -0.181. The van der Waals surface area contributed by atoms with E-state index in [1.54, 1.807) is 36.4 Å². The molecule has 0 saturated carbocycles. The summed E-state index contributed by atoms with van der Waals surface area (Å²) in [5.41, 5.74) is 2.32. The summed E-state index contributed by atoms with van der Waals surface area (Å²) >= 11 is 0. The zero-order valence-electron chi connectivity index (χ0n) is 12.8. The van der Waals surface area contributed by atoms with Crippen LogP contribution in [0.5, 0.6) is 5.75 Å². The van der Waals surface area contributed by atoms with Gasteiger partial charge in [-0.1, -0.05) is 18.2 Å². The third-order valence-corrected chi connectivity index (χ3v) is 4.41. The summed E-state index contributed by atoms with van der Waals surface area (Å²) in [6.45, 7) is 0. The van der Waals surface area contributed by atoms with E-state index in [0.29, 0.717) is 17.0 Å². The van der Waals surface area contributed by atoms with Gasteiger partial charge in [-0.15, -0.1) is 0 Å². The van der Waals surface area contributed by atoms with E-state index >= 15 is 0 Å². The highest BCUT2D eigenvalue weighted by molar-refractivity contribution is 7.92. The summed E-state index contributed by atoms with van der Waals surface area (Å²) in [7, 11) is -2.30. The number of rotatable bonds is 6. The Labute approximate surface area is 139 Å². The predicted molar refractivity (Wildman–Crippen MR) is 89.2 cm³/mol. The molecule has 0 fully saturated rings. The quantitative estimate of drug-likeness (QED) is 0.421. The minimum absolute atomic E-state index is 0.0388. The number of sulfonamides is 1. The number of carbonyl (C=O) groups is 1. The number of benzene rings is 2. The topological polar surface area (TPSA) is 105 Å². The lowest BCUT2D eigenvalue weighted by Gasteiger charge is -2.09. The SMILES string of the molecule is COc1cccc(NS(=O)(=O)c2cccc(/C=C/C(=O)NO)c2)c1. The van der Waals surface area contributed by atoms with E-state index in [1.165, 1.54) is 30.8 Å². The van der Waals surface area contributed by atoms with Crippen molar-refractivity contribution < 1.29 is 23.2 Å². The van der Waals surface area contributed by atoms with E-state index in [9.17, 15) is 13.2 Å². The smallest absolute Gasteiger partial charge is 0.267 e. The lowest BCUT2D eigenvalue weighted by molar-refractivity contribution is -0.124. The van der Waals surface area contributed by atoms with Crippen molar-refractivity contribution in [3.8, 4) is 5.75 Å². The average Bonchev–Trinajstić information content (AvgIpc) is 2.59. The van der Waals surface area contributed by atoms with Gasteiger partial charge >= 0.3 is 0 Å². The van der Waals surface area contributed by atoms with Crippen LogP contribution in [0.2, 0.25) is 0 Å². The molecule has 0 aliphatic carbocycles. The van der Waals surface area contributed by atoms with Crippen LogP contribution in [0.4, 0.5) is 5.69 Å². The van der Waals surface area contributed by atoms with Gasteiger partial charge < -0.3 is 4.74 Å². The number of amides is 1. The van der Waals surface area contributed by atoms with Crippen LogP contribution in [-0.4, -0.2) is 26.6 Å². The fraction of sp³-hybridized carbons (Fsp3) is 0.0625. The second kappa shape index (κ2) is 7.62. The van der Waals surface area contributed by atoms with Crippen LogP contribution in [0.3, 0.4) is 0 Å². The van der Waals surface area contributed by atoms with E-state index in [-0.39, 0.29) is 4.90 Å². The van der Waals surface area contributed by atoms with E-state index in [2.05, 4.69) is 4.72 Å². The third-order valence-electron chi connectivity index (χ3n) is 3.03. The largest absolute Gasteiger partial charge is 0.497 e. The van der Waals surface area contributed by atoms with Crippen LogP contribution in [0, 0.1) is 0 Å². The number of methoxy groups -OCH3 is 1. The maximum absolute atomic E-state index is 12.5. The third kappa shape index (κ3) is 4.58. The van der Waals surface area contributed by atoms with Crippen molar-refractivity contribution in [3.63, 3.8) is 0 Å². The monoisotopic (exact) mass is 348 g/mol. The summed E-state index contributed by atoms with van der Waals surface area (Å²) in [5, 5.41) is 8.44. The van der Waals surface area contributed by atoms with Crippen molar-refractivity contribution in [1.82, 2.24) is 5.48 Å². The van der Waals surface area contributed by atoms with E-state index in [4.69, 9.17) is 9.94 Å². The molecular weight excluding hydrogens is 332 g/mol. The number of nitrogens with one attached hydrogen (secondary N) is 2. The molecule has 7 nitrogen and oxygen atoms in total. The number of anilines is 1. The minimum atomic E-state index is -3.79. The van der Waals surface area contributed by atoms with Crippen molar-refractivity contribution in [1.29, 1.82) is 0 Å². The zero-order valence-corrected chi connectivity index (χ0v) is 13.6. The number of hydrogen-bond donors (Lipinski definition) is 3. The Balaban J connectivity index is 2.25. The van der Waals surface area contributed by atoms with Gasteiger partial charge in [0.25, 0.3) is 15.9 Å². The molecule has 2 aromatic rings. The Morgan fingerprint density at radius 3 is 2.62 bits per heavy atom. The molecule has 3 N–H and O–H groups in total. The molecule has 2 rings (SSSR count). The van der Waals surface area contributed by atoms with E-state index < -0.39 is 15.9 Å². The van der Waals surface area contributed by atoms with Gasteiger partial charge in [-0.05, 0) is 35.9 Å². The Morgan fingerprint density at radius 2 is 1.92 bits per heavy atom. The molecule has 0 aromatic heterocycles. The minimum Gasteiger partial charge on any atom is -0.497 e. The standard InChI is InChI=1S/C16H16N2O5S/c1-23-14-6-3-5-13(11-14)18-24(21,22)15-7-2-4-12(10-15)8-9-16(19)17-20/h2-11,18,20H,1H3,(H,17,19)/b9-8+. The lowest BCUT2D eigenvalue weighted by atomic mass is 10.2. The predicted octanol–water partition coefficient (Wildman–Crippen LogP) is 2.01. The maximum Gasteiger partial charge on any atom is 0.267 e. The first-order valence-corrected chi connectivity index (χ1v) is 8.32. The molecule has 0 aliphatic rings. The summed E-state index contributed by atoms with van der Waals surface area (Å²) in [4.78, 5) is 11.0. The molecule has 0 atom stereocenters. The van der Waals surface area contributed by atoms with Gasteiger partial charge in [-0.2, -0.15) is 0 Å². The fourth-order valence-electron chi connectivity index (χ4n) is 1.90. The van der Waals surface area contributed by atoms with Crippen LogP contribution >= 0.6 is 0 Å². The summed E-state index contributed by atoms with van der Waals surface area (Å²) in [6, 6.07) is 12.6. The molecule has 2 aromatic carbocycles. The Bertz CT molecular complexity index is 862. The molecule has 0 saturated heterocycles. The summed E-state index contributed by atoms with van der Waals surface area (Å²) in [6.07, 6.45) is 2.47. The van der Waals surface area contributed by atoms with Gasteiger partial charge in [-0.3, -0.25) is 14.7 Å². The van der Waals surface area contributed by atoms with Gasteiger partial charge in [0.05, 0.1) is 17.7 Å². The van der Waals surface area contributed by atoms with Gasteiger partial charge in [0.15, 0.2) is 0 Å². The molecule has 126 valence electrons. The van der Waals surface area contributed by atoms with Crippen molar-refractivity contribution >= 4 is 27.7 Å². The molecule has 0 bridgehead atoms. The molecule has 24 heavy (non-hydrogen) atoms. The Kier molecular flexibility index (Phi) is 5.56. The summed E-state index contributed by atoms with van der Waals surface area (Å²) < 4.78 is 32.4. The highest BCUT2D eigenvalue weighted by atomic mass is 32.2. The van der Waals surface area contributed by atoms with Crippen molar-refractivity contribution in [2.45, 2.75) is 4.90 Å². The van der Waals surface area contributed by atoms with E-state index in [0.717, 1.165) is 6.08 Å². The van der Waals surface area contributed by atoms with Crippen LogP contribution in [0.25, 0.3) is 6.08 Å². The van der Waals surface area contributed by atoms with Crippen LogP contribution in [-0.2, 0) is 14.8 Å². The normalized spacial score (nSPS) is 11.2. The Hall–Kier alpha value is -2.84. The van der Waals surface area contributed by atoms with Gasteiger partial charge in [0, 0.05) is 12.1 Å². The van der Waals surface area contributed by atoms with Crippen LogP contribution in [0.15, 0.2) is 59.5 Å². The number of hydroxylamine groups is 1. The van der Waals surface area contributed by atoms with Gasteiger partial charge in [-0.25, -0.2) is 13.9 Å². The van der Waals surface area contributed by atoms with Crippen LogP contribution in [0.1, 0.15) is 5.56 Å². The van der Waals surface area contributed by atoms with Gasteiger partial charge in [0.1, 0.15) is 5.75 Å². The van der Waals surface area contributed by atoms with Gasteiger partial charge in [0.2, 0.25) is 0 Å². The molecule has 0 heterocycles. The second-order valence-electron chi connectivity index (χ2n) is 4.72. The highest BCUT2D eigenvalue weighted by Crippen LogP contribution is 2.21. The second-order valence-corrected chi connectivity index (χ2v) is 6.40. The van der Waals surface area contributed by atoms with Crippen molar-refractivity contribution in [2.75, 3.05) is 11.8 Å². The first kappa shape index (κ1) is 17.5. The van der Waals surface area contributed by atoms with Crippen molar-refractivity contribution in [2.24, 2.45) is 0 Å². The lowest BCUT2D eigenvalue weighted by Crippen LogP contribution is -2.15. The molecular formula is C16H16N2O5S. The molecule has 0 aliphatic heterocycles. The molecule has 0 radical (unpaired) electrons. The number of carbonyl (C=O) groups excluding carboxylic acids is 1. The molecule has 1 amide bonds.